The van der Waals surface area contributed by atoms with Crippen LogP contribution in [0.25, 0.3) is 0 Å². The van der Waals surface area contributed by atoms with E-state index < -0.39 is 5.97 Å². The number of unbranched alkanes of at least 4 members (excludes halogenated alkanes) is 31. The van der Waals surface area contributed by atoms with E-state index >= 15 is 0 Å². The van der Waals surface area contributed by atoms with Crippen molar-refractivity contribution in [3.63, 3.8) is 0 Å². The summed E-state index contributed by atoms with van der Waals surface area (Å²) in [6, 6.07) is 0. The van der Waals surface area contributed by atoms with Crippen LogP contribution < -0.4 is 0 Å². The fourth-order valence-electron chi connectivity index (χ4n) is 8.02. The van der Waals surface area contributed by atoms with E-state index in [0.29, 0.717) is 5.78 Å². The number of hydrogen-bond acceptors (Lipinski definition) is 2. The molecule has 0 bridgehead atoms. The molecule has 0 aliphatic carbocycles. The predicted octanol–water partition coefficient (Wildman–Crippen LogP) is 18.0. The van der Waals surface area contributed by atoms with E-state index in [2.05, 4.69) is 45.1 Å². The molecule has 3 nitrogen and oxygen atoms in total. The zero-order valence-corrected chi connectivity index (χ0v) is 37.7. The number of rotatable bonds is 46. The fraction of sp³-hybridized carbons (Fsp3) is 0.885. The zero-order chi connectivity index (χ0) is 40.1. The van der Waals surface area contributed by atoms with Gasteiger partial charge in [0.2, 0.25) is 0 Å². The Morgan fingerprint density at radius 1 is 0.400 bits per heavy atom. The van der Waals surface area contributed by atoms with Crippen molar-refractivity contribution < 1.29 is 14.7 Å². The Morgan fingerprint density at radius 2 is 0.709 bits per heavy atom. The number of carboxylic acid groups (broad SMARTS) is 1. The van der Waals surface area contributed by atoms with Crippen molar-refractivity contribution in [2.24, 2.45) is 11.8 Å². The lowest BCUT2D eigenvalue weighted by atomic mass is 9.94. The summed E-state index contributed by atoms with van der Waals surface area (Å²) in [6.07, 6.45) is 60.3. The van der Waals surface area contributed by atoms with Crippen molar-refractivity contribution in [2.45, 2.75) is 284 Å². The summed E-state index contributed by atoms with van der Waals surface area (Å²) >= 11 is 0. The topological polar surface area (TPSA) is 54.4 Å². The molecular formula is C52H98O3. The molecule has 0 saturated heterocycles. The maximum absolute atomic E-state index is 12.2. The molecule has 0 heterocycles. The van der Waals surface area contributed by atoms with Crippen molar-refractivity contribution in [1.82, 2.24) is 0 Å². The second-order valence-corrected chi connectivity index (χ2v) is 17.9. The van der Waals surface area contributed by atoms with Gasteiger partial charge in [-0.2, -0.15) is 0 Å². The molecule has 0 aromatic carbocycles. The van der Waals surface area contributed by atoms with Crippen LogP contribution in [0.15, 0.2) is 24.3 Å². The number of carbonyl (C=O) groups excluding carboxylic acids is 1. The van der Waals surface area contributed by atoms with E-state index in [1.54, 1.807) is 0 Å². The third-order valence-electron chi connectivity index (χ3n) is 11.8. The molecule has 0 aliphatic rings. The first-order valence-corrected chi connectivity index (χ1v) is 25.0. The van der Waals surface area contributed by atoms with Gasteiger partial charge in [0, 0.05) is 12.8 Å². The van der Waals surface area contributed by atoms with Gasteiger partial charge in [0.05, 0.1) is 5.92 Å². The van der Waals surface area contributed by atoms with Crippen LogP contribution in [-0.4, -0.2) is 16.9 Å². The van der Waals surface area contributed by atoms with Gasteiger partial charge in [-0.15, -0.1) is 0 Å². The zero-order valence-electron chi connectivity index (χ0n) is 37.7. The molecule has 324 valence electrons. The lowest BCUT2D eigenvalue weighted by Crippen LogP contribution is -2.13. The lowest BCUT2D eigenvalue weighted by molar-refractivity contribution is -0.142. The summed E-state index contributed by atoms with van der Waals surface area (Å²) in [5.41, 5.74) is 0. The maximum Gasteiger partial charge on any atom is 0.306 e. The highest BCUT2D eigenvalue weighted by molar-refractivity contribution is 5.78. The highest BCUT2D eigenvalue weighted by Gasteiger charge is 2.16. The minimum Gasteiger partial charge on any atom is -0.481 e. The quantitative estimate of drug-likeness (QED) is 0.0495. The molecule has 0 spiro atoms. The molecule has 0 aromatic rings. The van der Waals surface area contributed by atoms with Gasteiger partial charge in [-0.05, 0) is 63.7 Å². The van der Waals surface area contributed by atoms with E-state index in [1.807, 2.05) is 0 Å². The Hall–Kier alpha value is -1.38. The maximum atomic E-state index is 12.2. The molecule has 0 fully saturated rings. The van der Waals surface area contributed by atoms with E-state index in [-0.39, 0.29) is 5.92 Å². The van der Waals surface area contributed by atoms with E-state index in [4.69, 9.17) is 0 Å². The number of aliphatic carboxylic acids is 1. The number of allylic oxidation sites excluding steroid dienone is 4. The van der Waals surface area contributed by atoms with Crippen molar-refractivity contribution in [3.05, 3.63) is 24.3 Å². The van der Waals surface area contributed by atoms with Gasteiger partial charge in [-0.1, -0.05) is 238 Å². The Balaban J connectivity index is 3.40. The molecule has 3 heteroatoms. The first kappa shape index (κ1) is 53.6. The lowest BCUT2D eigenvalue weighted by Gasteiger charge is -2.12. The molecule has 0 amide bonds. The third kappa shape index (κ3) is 45.2. The van der Waals surface area contributed by atoms with E-state index in [9.17, 15) is 14.7 Å². The largest absolute Gasteiger partial charge is 0.481 e. The Labute approximate surface area is 345 Å². The average Bonchev–Trinajstić information content (AvgIpc) is 3.16. The predicted molar refractivity (Wildman–Crippen MR) is 244 cm³/mol. The Bertz CT molecular complexity index is 842. The monoisotopic (exact) mass is 771 g/mol. The van der Waals surface area contributed by atoms with Gasteiger partial charge >= 0.3 is 5.97 Å². The van der Waals surface area contributed by atoms with Crippen molar-refractivity contribution in [2.75, 3.05) is 0 Å². The number of carbonyl (C=O) groups is 2. The van der Waals surface area contributed by atoms with Crippen LogP contribution in [0.5, 0.6) is 0 Å². The number of hydrogen-bond donors (Lipinski definition) is 1. The van der Waals surface area contributed by atoms with Crippen molar-refractivity contribution >= 4 is 11.8 Å². The summed E-state index contributed by atoms with van der Waals surface area (Å²) in [5, 5.41) is 9.69. The first-order chi connectivity index (χ1) is 27.0. The normalized spacial score (nSPS) is 12.5. The second-order valence-electron chi connectivity index (χ2n) is 17.9. The van der Waals surface area contributed by atoms with Gasteiger partial charge in [-0.3, -0.25) is 9.59 Å². The second kappa shape index (κ2) is 45.3. The highest BCUT2D eigenvalue weighted by atomic mass is 16.4. The van der Waals surface area contributed by atoms with Gasteiger partial charge in [0.1, 0.15) is 5.78 Å². The van der Waals surface area contributed by atoms with E-state index in [1.165, 1.54) is 205 Å². The summed E-state index contributed by atoms with van der Waals surface area (Å²) in [6.45, 7) is 6.90. The molecule has 0 aliphatic heterocycles. The molecule has 0 saturated carbocycles. The van der Waals surface area contributed by atoms with Gasteiger partial charge in [0.25, 0.3) is 0 Å². The molecule has 0 radical (unpaired) electrons. The number of carboxylic acids is 1. The molecule has 1 atom stereocenters. The summed E-state index contributed by atoms with van der Waals surface area (Å²) in [4.78, 5) is 24.0. The molecule has 1 unspecified atom stereocenters. The van der Waals surface area contributed by atoms with Crippen LogP contribution in [0, 0.1) is 11.8 Å². The van der Waals surface area contributed by atoms with Gasteiger partial charge in [-0.25, -0.2) is 0 Å². The number of ketones is 1. The van der Waals surface area contributed by atoms with Crippen LogP contribution in [0.3, 0.4) is 0 Å². The summed E-state index contributed by atoms with van der Waals surface area (Å²) in [7, 11) is 0. The minimum absolute atomic E-state index is 0.121. The highest BCUT2D eigenvalue weighted by Crippen LogP contribution is 2.21. The Morgan fingerprint density at radius 3 is 1.05 bits per heavy atom. The Kier molecular flexibility index (Phi) is 44.2. The fourth-order valence-corrected chi connectivity index (χ4v) is 8.02. The SMILES string of the molecule is CCCCCC=CCC=CCCCCCCCC(=O)CCCCCCCCCCCCCCCCC(CCCCCCCCCCCCCC(C)C)C(=O)O. The molecular weight excluding hydrogens is 673 g/mol. The van der Waals surface area contributed by atoms with Crippen molar-refractivity contribution in [3.8, 4) is 0 Å². The molecule has 0 aromatic heterocycles. The molecule has 0 rings (SSSR count). The third-order valence-corrected chi connectivity index (χ3v) is 11.8. The van der Waals surface area contributed by atoms with Crippen LogP contribution in [0.2, 0.25) is 0 Å². The summed E-state index contributed by atoms with van der Waals surface area (Å²) in [5.74, 6) is 0.655. The number of Topliss-reactive ketones (excluding diaryl/α,β-unsaturated/α-hetero) is 1. The van der Waals surface area contributed by atoms with Gasteiger partial charge in [0.15, 0.2) is 0 Å². The minimum atomic E-state index is -0.568. The summed E-state index contributed by atoms with van der Waals surface area (Å²) < 4.78 is 0. The molecule has 55 heavy (non-hydrogen) atoms. The van der Waals surface area contributed by atoms with Crippen LogP contribution in [0.1, 0.15) is 284 Å². The van der Waals surface area contributed by atoms with Gasteiger partial charge < -0.3 is 5.11 Å². The van der Waals surface area contributed by atoms with Crippen LogP contribution in [-0.2, 0) is 9.59 Å². The van der Waals surface area contributed by atoms with Crippen LogP contribution in [0.4, 0.5) is 0 Å². The average molecular weight is 771 g/mol. The first-order valence-electron chi connectivity index (χ1n) is 25.0. The molecule has 1 N–H and O–H groups in total. The van der Waals surface area contributed by atoms with E-state index in [0.717, 1.165) is 63.7 Å². The van der Waals surface area contributed by atoms with Crippen LogP contribution >= 0.6 is 0 Å². The standard InChI is InChI=1S/C52H98O3/c1-4-5-6-7-8-9-10-11-12-16-22-27-32-37-42-47-51(53)48-43-38-33-28-23-17-14-13-15-20-25-30-35-40-45-50(52(54)55)46-41-36-31-26-21-18-19-24-29-34-39-44-49(2)3/h8-9,11-12,49-50H,4-7,10,13-48H2,1-3H3,(H,54,55). The van der Waals surface area contributed by atoms with Crippen molar-refractivity contribution in [1.29, 1.82) is 0 Å². The smallest absolute Gasteiger partial charge is 0.306 e.